The number of nitrogens with zero attached hydrogens (tertiary/aromatic N) is 1. The molecular weight excluding hydrogens is 392 g/mol. The molecule has 0 bridgehead atoms. The van der Waals surface area contributed by atoms with E-state index in [1.165, 1.54) is 0 Å². The maximum atomic E-state index is 12.3. The van der Waals surface area contributed by atoms with E-state index in [0.29, 0.717) is 5.69 Å². The molecule has 0 saturated heterocycles. The predicted octanol–water partition coefficient (Wildman–Crippen LogP) is 3.69. The van der Waals surface area contributed by atoms with Crippen molar-refractivity contribution in [2.75, 3.05) is 19.0 Å². The van der Waals surface area contributed by atoms with Crippen LogP contribution in [-0.2, 0) is 14.3 Å². The molecule has 2 aromatic rings. The van der Waals surface area contributed by atoms with Crippen molar-refractivity contribution < 1.29 is 28.8 Å². The Bertz CT molecular complexity index is 972. The van der Waals surface area contributed by atoms with Gasteiger partial charge < -0.3 is 14.8 Å². The molecule has 9 heteroatoms. The maximum absolute atomic E-state index is 12.3. The molecule has 0 aliphatic carbocycles. The summed E-state index contributed by atoms with van der Waals surface area (Å²) < 4.78 is 9.50. The van der Waals surface area contributed by atoms with Crippen molar-refractivity contribution in [2.45, 2.75) is 26.2 Å². The minimum absolute atomic E-state index is 0.175. The first-order valence-electron chi connectivity index (χ1n) is 9.20. The minimum atomic E-state index is -0.978. The van der Waals surface area contributed by atoms with Gasteiger partial charge >= 0.3 is 11.9 Å². The number of carbonyl (C=O) groups is 3. The summed E-state index contributed by atoms with van der Waals surface area (Å²) in [5.74, 6) is -2.15. The Labute approximate surface area is 173 Å². The van der Waals surface area contributed by atoms with Crippen LogP contribution in [0.1, 0.15) is 52.5 Å². The number of rotatable bonds is 8. The molecule has 0 saturated carbocycles. The third kappa shape index (κ3) is 5.63. The molecule has 0 unspecified atom stereocenters. The number of esters is 2. The van der Waals surface area contributed by atoms with Gasteiger partial charge in [0.2, 0.25) is 0 Å². The van der Waals surface area contributed by atoms with Crippen LogP contribution < -0.4 is 5.32 Å². The Morgan fingerprint density at radius 1 is 1.10 bits per heavy atom. The highest BCUT2D eigenvalue weighted by molar-refractivity contribution is 5.98. The minimum Gasteiger partial charge on any atom is -0.465 e. The quantitative estimate of drug-likeness (QED) is 0.397. The van der Waals surface area contributed by atoms with Crippen molar-refractivity contribution in [2.24, 2.45) is 0 Å². The number of ether oxygens (including phenoxy) is 2. The number of hydrogen-bond donors (Lipinski definition) is 1. The Morgan fingerprint density at radius 2 is 1.73 bits per heavy atom. The molecule has 1 amide bonds. The van der Waals surface area contributed by atoms with Gasteiger partial charge in [0, 0.05) is 17.8 Å². The molecule has 2 rings (SSSR count). The SMILES string of the molecule is CC[C@@H](C)c1ccccc1NC(=O)COC(=O)c1cc(C(=O)OC)cc([N+](=O)[O-])c1. The summed E-state index contributed by atoms with van der Waals surface area (Å²) in [6.07, 6.45) is 0.886. The first-order chi connectivity index (χ1) is 14.3. The Kier molecular flexibility index (Phi) is 7.62. The third-order valence-electron chi connectivity index (χ3n) is 4.50. The zero-order chi connectivity index (χ0) is 22.3. The number of hydrogen-bond acceptors (Lipinski definition) is 7. The molecule has 0 heterocycles. The fourth-order valence-electron chi connectivity index (χ4n) is 2.73. The van der Waals surface area contributed by atoms with Gasteiger partial charge in [0.15, 0.2) is 6.61 Å². The van der Waals surface area contributed by atoms with Crippen LogP contribution >= 0.6 is 0 Å². The summed E-state index contributed by atoms with van der Waals surface area (Å²) in [6, 6.07) is 10.4. The molecular formula is C21H22N2O7. The molecule has 0 fully saturated rings. The lowest BCUT2D eigenvalue weighted by molar-refractivity contribution is -0.384. The van der Waals surface area contributed by atoms with Gasteiger partial charge in [0.25, 0.3) is 11.6 Å². The second-order valence-corrected chi connectivity index (χ2v) is 6.54. The molecule has 0 aliphatic rings. The van der Waals surface area contributed by atoms with Gasteiger partial charge in [-0.25, -0.2) is 9.59 Å². The van der Waals surface area contributed by atoms with Crippen LogP contribution in [0.2, 0.25) is 0 Å². The molecule has 0 aromatic heterocycles. The zero-order valence-corrected chi connectivity index (χ0v) is 16.8. The first-order valence-corrected chi connectivity index (χ1v) is 9.20. The lowest BCUT2D eigenvalue weighted by Crippen LogP contribution is -2.22. The Balaban J connectivity index is 2.11. The van der Waals surface area contributed by atoms with Crippen LogP contribution in [0.3, 0.4) is 0 Å². The average molecular weight is 414 g/mol. The summed E-state index contributed by atoms with van der Waals surface area (Å²) >= 11 is 0. The van der Waals surface area contributed by atoms with Crippen molar-refractivity contribution in [3.8, 4) is 0 Å². The molecule has 30 heavy (non-hydrogen) atoms. The van der Waals surface area contributed by atoms with E-state index in [0.717, 1.165) is 37.3 Å². The van der Waals surface area contributed by atoms with Gasteiger partial charge in [-0.1, -0.05) is 32.0 Å². The predicted molar refractivity (Wildman–Crippen MR) is 108 cm³/mol. The van der Waals surface area contributed by atoms with Crippen LogP contribution in [0.15, 0.2) is 42.5 Å². The Hall–Kier alpha value is -3.75. The second kappa shape index (κ2) is 10.1. The van der Waals surface area contributed by atoms with E-state index in [2.05, 4.69) is 10.1 Å². The van der Waals surface area contributed by atoms with Crippen LogP contribution in [0, 0.1) is 10.1 Å². The highest BCUT2D eigenvalue weighted by atomic mass is 16.6. The largest absolute Gasteiger partial charge is 0.465 e. The number of benzene rings is 2. The fourth-order valence-corrected chi connectivity index (χ4v) is 2.73. The fraction of sp³-hybridized carbons (Fsp3) is 0.286. The van der Waals surface area contributed by atoms with Crippen LogP contribution in [0.4, 0.5) is 11.4 Å². The normalized spacial score (nSPS) is 11.3. The number of para-hydroxylation sites is 1. The van der Waals surface area contributed by atoms with Crippen molar-refractivity contribution in [3.63, 3.8) is 0 Å². The van der Waals surface area contributed by atoms with E-state index in [-0.39, 0.29) is 17.0 Å². The standard InChI is InChI=1S/C21H22N2O7/c1-4-13(2)17-7-5-6-8-18(17)22-19(24)12-30-21(26)15-9-14(20(25)29-3)10-16(11-15)23(27)28/h5-11,13H,4,12H2,1-3H3,(H,22,24)/t13-/m1/s1. The average Bonchev–Trinajstić information content (AvgIpc) is 2.76. The van der Waals surface area contributed by atoms with Gasteiger partial charge in [-0.2, -0.15) is 0 Å². The van der Waals surface area contributed by atoms with Gasteiger partial charge in [0.1, 0.15) is 0 Å². The van der Waals surface area contributed by atoms with Gasteiger partial charge in [-0.05, 0) is 30.0 Å². The number of carbonyl (C=O) groups excluding carboxylic acids is 3. The number of amides is 1. The number of nitro benzene ring substituents is 1. The monoisotopic (exact) mass is 414 g/mol. The summed E-state index contributed by atoms with van der Waals surface area (Å²) in [6.45, 7) is 3.48. The number of nitro groups is 1. The second-order valence-electron chi connectivity index (χ2n) is 6.54. The van der Waals surface area contributed by atoms with Crippen LogP contribution in [0.25, 0.3) is 0 Å². The molecule has 0 spiro atoms. The van der Waals surface area contributed by atoms with E-state index < -0.39 is 35.1 Å². The van der Waals surface area contributed by atoms with Gasteiger partial charge in [-0.3, -0.25) is 14.9 Å². The Morgan fingerprint density at radius 3 is 2.33 bits per heavy atom. The molecule has 2 aromatic carbocycles. The lowest BCUT2D eigenvalue weighted by atomic mass is 9.97. The number of nitrogens with one attached hydrogen (secondary N) is 1. The summed E-state index contributed by atoms with van der Waals surface area (Å²) in [4.78, 5) is 46.5. The van der Waals surface area contributed by atoms with E-state index in [1.54, 1.807) is 12.1 Å². The molecule has 9 nitrogen and oxygen atoms in total. The highest BCUT2D eigenvalue weighted by Gasteiger charge is 2.20. The zero-order valence-electron chi connectivity index (χ0n) is 16.8. The van der Waals surface area contributed by atoms with Crippen molar-refractivity contribution in [3.05, 3.63) is 69.3 Å². The number of non-ortho nitro benzene ring substituents is 1. The first kappa shape index (κ1) is 22.5. The van der Waals surface area contributed by atoms with E-state index in [9.17, 15) is 24.5 Å². The highest BCUT2D eigenvalue weighted by Crippen LogP contribution is 2.26. The van der Waals surface area contributed by atoms with E-state index in [1.807, 2.05) is 26.0 Å². The summed E-state index contributed by atoms with van der Waals surface area (Å²) in [5, 5.41) is 13.8. The van der Waals surface area contributed by atoms with Crippen molar-refractivity contribution >= 4 is 29.2 Å². The smallest absolute Gasteiger partial charge is 0.338 e. The van der Waals surface area contributed by atoms with Crippen LogP contribution in [-0.4, -0.2) is 36.5 Å². The molecule has 0 radical (unpaired) electrons. The van der Waals surface area contributed by atoms with Crippen molar-refractivity contribution in [1.82, 2.24) is 0 Å². The molecule has 1 atom stereocenters. The molecule has 158 valence electrons. The summed E-state index contributed by atoms with van der Waals surface area (Å²) in [7, 11) is 1.11. The van der Waals surface area contributed by atoms with E-state index in [4.69, 9.17) is 4.74 Å². The summed E-state index contributed by atoms with van der Waals surface area (Å²) in [5.41, 5.74) is 0.692. The molecule has 1 N–H and O–H groups in total. The topological polar surface area (TPSA) is 125 Å². The number of methoxy groups -OCH3 is 1. The van der Waals surface area contributed by atoms with Gasteiger partial charge in [0.05, 0.1) is 23.2 Å². The third-order valence-corrected chi connectivity index (χ3v) is 4.50. The van der Waals surface area contributed by atoms with Crippen molar-refractivity contribution in [1.29, 1.82) is 0 Å². The van der Waals surface area contributed by atoms with Crippen LogP contribution in [0.5, 0.6) is 0 Å². The van der Waals surface area contributed by atoms with Gasteiger partial charge in [-0.15, -0.1) is 0 Å². The molecule has 0 aliphatic heterocycles. The lowest BCUT2D eigenvalue weighted by Gasteiger charge is -2.15. The van der Waals surface area contributed by atoms with E-state index >= 15 is 0 Å². The number of anilines is 1. The maximum Gasteiger partial charge on any atom is 0.338 e.